The van der Waals surface area contributed by atoms with Gasteiger partial charge in [0.05, 0.1) is 18.5 Å². The molecule has 0 atom stereocenters. The van der Waals surface area contributed by atoms with E-state index in [1.165, 1.54) is 10.9 Å². The van der Waals surface area contributed by atoms with E-state index in [1.54, 1.807) is 7.05 Å². The minimum Gasteiger partial charge on any atom is -0.458 e. The van der Waals surface area contributed by atoms with Gasteiger partial charge in [-0.05, 0) is 6.92 Å². The lowest BCUT2D eigenvalue weighted by Gasteiger charge is -2.05. The number of anilines is 1. The molecule has 1 rings (SSSR count). The molecule has 0 aromatic carbocycles. The third kappa shape index (κ3) is 2.95. The molecule has 6 heteroatoms. The fourth-order valence-corrected chi connectivity index (χ4v) is 1.11. The minimum atomic E-state index is -0.479. The molecule has 0 saturated heterocycles. The minimum absolute atomic E-state index is 0.220. The van der Waals surface area contributed by atoms with Crippen LogP contribution in [0.15, 0.2) is 6.20 Å². The zero-order valence-corrected chi connectivity index (χ0v) is 8.90. The highest BCUT2D eigenvalue weighted by Gasteiger charge is 2.15. The first-order valence-corrected chi connectivity index (χ1v) is 4.69. The molecule has 0 aliphatic heterocycles. The van der Waals surface area contributed by atoms with Crippen molar-refractivity contribution in [2.75, 3.05) is 25.6 Å². The Balaban J connectivity index is 2.47. The quantitative estimate of drug-likeness (QED) is 0.558. The van der Waals surface area contributed by atoms with Crippen LogP contribution in [0, 0.1) is 0 Å². The Morgan fingerprint density at radius 1 is 1.60 bits per heavy atom. The second-order valence-electron chi connectivity index (χ2n) is 2.90. The lowest BCUT2D eigenvalue weighted by atomic mass is 10.4. The number of esters is 1. The second kappa shape index (κ2) is 5.35. The van der Waals surface area contributed by atoms with E-state index in [0.29, 0.717) is 18.9 Å². The number of rotatable bonds is 5. The third-order valence-electron chi connectivity index (χ3n) is 1.83. The van der Waals surface area contributed by atoms with Crippen LogP contribution >= 0.6 is 0 Å². The number of hydrogen-bond acceptors (Lipinski definition) is 5. The summed E-state index contributed by atoms with van der Waals surface area (Å²) >= 11 is 0. The topological polar surface area (TPSA) is 79.4 Å². The van der Waals surface area contributed by atoms with E-state index in [-0.39, 0.29) is 12.3 Å². The number of hydrogen-bond donors (Lipinski definition) is 1. The molecule has 0 amide bonds. The van der Waals surface area contributed by atoms with Crippen molar-refractivity contribution in [1.29, 1.82) is 0 Å². The van der Waals surface area contributed by atoms with Crippen molar-refractivity contribution in [2.45, 2.75) is 6.92 Å². The molecule has 0 aliphatic rings. The fourth-order valence-electron chi connectivity index (χ4n) is 1.11. The normalized spacial score (nSPS) is 10.3. The zero-order chi connectivity index (χ0) is 11.3. The molecule has 0 saturated carbocycles. The predicted octanol–water partition coefficient (Wildman–Crippen LogP) is 0.196. The van der Waals surface area contributed by atoms with E-state index in [2.05, 4.69) is 5.10 Å². The van der Waals surface area contributed by atoms with Crippen LogP contribution in [0.4, 0.5) is 5.69 Å². The summed E-state index contributed by atoms with van der Waals surface area (Å²) in [5.41, 5.74) is 6.15. The Bertz CT molecular complexity index is 316. The van der Waals surface area contributed by atoms with Crippen molar-refractivity contribution in [1.82, 2.24) is 9.78 Å². The Morgan fingerprint density at radius 3 is 2.87 bits per heavy atom. The first kappa shape index (κ1) is 11.5. The first-order chi connectivity index (χ1) is 7.16. The summed E-state index contributed by atoms with van der Waals surface area (Å²) in [5, 5.41) is 3.84. The van der Waals surface area contributed by atoms with Gasteiger partial charge in [0.2, 0.25) is 0 Å². The van der Waals surface area contributed by atoms with Crippen molar-refractivity contribution in [2.24, 2.45) is 7.05 Å². The van der Waals surface area contributed by atoms with Crippen LogP contribution in [0.1, 0.15) is 17.4 Å². The van der Waals surface area contributed by atoms with Crippen LogP contribution in [0.2, 0.25) is 0 Å². The molecular weight excluding hydrogens is 198 g/mol. The number of ether oxygens (including phenoxy) is 2. The molecule has 15 heavy (non-hydrogen) atoms. The standard InChI is InChI=1S/C9H15N3O3/c1-3-14-4-5-15-9(13)8-7(10)6-11-12(8)2/h6H,3-5,10H2,1-2H3. The molecule has 6 nitrogen and oxygen atoms in total. The Labute approximate surface area is 88.0 Å². The molecule has 1 aromatic heterocycles. The van der Waals surface area contributed by atoms with Gasteiger partial charge in [-0.25, -0.2) is 4.79 Å². The fraction of sp³-hybridized carbons (Fsp3) is 0.556. The molecule has 0 spiro atoms. The summed E-state index contributed by atoms with van der Waals surface area (Å²) in [6.45, 7) is 3.09. The highest BCUT2D eigenvalue weighted by molar-refractivity contribution is 5.92. The monoisotopic (exact) mass is 213 g/mol. The first-order valence-electron chi connectivity index (χ1n) is 4.69. The van der Waals surface area contributed by atoms with Crippen molar-refractivity contribution in [3.8, 4) is 0 Å². The van der Waals surface area contributed by atoms with Crippen LogP contribution in [0.5, 0.6) is 0 Å². The molecule has 0 bridgehead atoms. The number of aryl methyl sites for hydroxylation is 1. The number of nitrogens with two attached hydrogens (primary N) is 1. The highest BCUT2D eigenvalue weighted by Crippen LogP contribution is 2.10. The summed E-state index contributed by atoms with van der Waals surface area (Å²) in [4.78, 5) is 11.5. The highest BCUT2D eigenvalue weighted by atomic mass is 16.6. The van der Waals surface area contributed by atoms with Crippen molar-refractivity contribution in [3.05, 3.63) is 11.9 Å². The molecule has 0 radical (unpaired) electrons. The lowest BCUT2D eigenvalue weighted by molar-refractivity contribution is 0.0325. The maximum atomic E-state index is 11.5. The predicted molar refractivity (Wildman–Crippen MR) is 54.4 cm³/mol. The maximum absolute atomic E-state index is 11.5. The summed E-state index contributed by atoms with van der Waals surface area (Å²) in [7, 11) is 1.63. The second-order valence-corrected chi connectivity index (χ2v) is 2.90. The maximum Gasteiger partial charge on any atom is 0.358 e. The summed E-state index contributed by atoms with van der Waals surface area (Å²) < 4.78 is 11.4. The van der Waals surface area contributed by atoms with E-state index < -0.39 is 5.97 Å². The largest absolute Gasteiger partial charge is 0.458 e. The third-order valence-corrected chi connectivity index (χ3v) is 1.83. The van der Waals surface area contributed by atoms with E-state index >= 15 is 0 Å². The van der Waals surface area contributed by atoms with Gasteiger partial charge in [0, 0.05) is 13.7 Å². The number of carbonyl (C=O) groups excluding carboxylic acids is 1. The Kier molecular flexibility index (Phi) is 4.11. The number of carbonyl (C=O) groups is 1. The molecule has 84 valence electrons. The van der Waals surface area contributed by atoms with Crippen molar-refractivity contribution < 1.29 is 14.3 Å². The van der Waals surface area contributed by atoms with Crippen LogP contribution in [-0.2, 0) is 16.5 Å². The zero-order valence-electron chi connectivity index (χ0n) is 8.90. The van der Waals surface area contributed by atoms with Gasteiger partial charge >= 0.3 is 5.97 Å². The molecule has 0 aliphatic carbocycles. The summed E-state index contributed by atoms with van der Waals surface area (Å²) in [6.07, 6.45) is 1.42. The van der Waals surface area contributed by atoms with Crippen LogP contribution in [-0.4, -0.2) is 35.6 Å². The van der Waals surface area contributed by atoms with Crippen molar-refractivity contribution >= 4 is 11.7 Å². The van der Waals surface area contributed by atoms with E-state index in [4.69, 9.17) is 15.2 Å². The molecule has 0 fully saturated rings. The molecular formula is C9H15N3O3. The van der Waals surface area contributed by atoms with Gasteiger partial charge in [-0.1, -0.05) is 0 Å². The number of nitrogens with zero attached hydrogens (tertiary/aromatic N) is 2. The van der Waals surface area contributed by atoms with Gasteiger partial charge in [0.15, 0.2) is 5.69 Å². The van der Waals surface area contributed by atoms with Crippen LogP contribution in [0.25, 0.3) is 0 Å². The number of aromatic nitrogens is 2. The van der Waals surface area contributed by atoms with E-state index in [1.807, 2.05) is 6.92 Å². The van der Waals surface area contributed by atoms with Gasteiger partial charge < -0.3 is 15.2 Å². The van der Waals surface area contributed by atoms with Crippen LogP contribution in [0.3, 0.4) is 0 Å². The van der Waals surface area contributed by atoms with Crippen LogP contribution < -0.4 is 5.73 Å². The summed E-state index contributed by atoms with van der Waals surface area (Å²) in [5.74, 6) is -0.479. The van der Waals surface area contributed by atoms with Gasteiger partial charge in [0.25, 0.3) is 0 Å². The Morgan fingerprint density at radius 2 is 2.33 bits per heavy atom. The van der Waals surface area contributed by atoms with E-state index in [0.717, 1.165) is 0 Å². The molecule has 1 heterocycles. The van der Waals surface area contributed by atoms with Gasteiger partial charge in [0.1, 0.15) is 6.61 Å². The van der Waals surface area contributed by atoms with Crippen molar-refractivity contribution in [3.63, 3.8) is 0 Å². The SMILES string of the molecule is CCOCCOC(=O)c1c(N)cnn1C. The van der Waals surface area contributed by atoms with Gasteiger partial charge in [-0.15, -0.1) is 0 Å². The molecule has 1 aromatic rings. The Hall–Kier alpha value is -1.56. The average molecular weight is 213 g/mol. The van der Waals surface area contributed by atoms with E-state index in [9.17, 15) is 4.79 Å². The smallest absolute Gasteiger partial charge is 0.358 e. The molecule has 2 N–H and O–H groups in total. The van der Waals surface area contributed by atoms with Gasteiger partial charge in [-0.3, -0.25) is 4.68 Å². The summed E-state index contributed by atoms with van der Waals surface area (Å²) in [6, 6.07) is 0. The lowest BCUT2D eigenvalue weighted by Crippen LogP contribution is -2.15. The van der Waals surface area contributed by atoms with Gasteiger partial charge in [-0.2, -0.15) is 5.10 Å². The molecule has 0 unspecified atom stereocenters. The average Bonchev–Trinajstić information content (AvgIpc) is 2.53. The number of nitrogen functional groups attached to an aromatic ring is 1.